The summed E-state index contributed by atoms with van der Waals surface area (Å²) in [5.41, 5.74) is 5.74. The quantitative estimate of drug-likeness (QED) is 0.515. The molecule has 7 nitrogen and oxygen atoms in total. The van der Waals surface area contributed by atoms with E-state index in [9.17, 15) is 14.7 Å². The van der Waals surface area contributed by atoms with Crippen molar-refractivity contribution in [3.05, 3.63) is 58.6 Å². The number of nitrogens with zero attached hydrogens (tertiary/aromatic N) is 3. The summed E-state index contributed by atoms with van der Waals surface area (Å²) in [6.45, 7) is 7.86. The van der Waals surface area contributed by atoms with E-state index < -0.39 is 18.1 Å². The van der Waals surface area contributed by atoms with Crippen LogP contribution in [0.25, 0.3) is 10.4 Å². The maximum absolute atomic E-state index is 13.5. The Morgan fingerprint density at radius 3 is 2.56 bits per heavy atom. The lowest BCUT2D eigenvalue weighted by atomic mass is 9.91. The monoisotopic (exact) mass is 481 g/mol. The van der Waals surface area contributed by atoms with Crippen LogP contribution in [0.2, 0.25) is 0 Å². The van der Waals surface area contributed by atoms with Crippen molar-refractivity contribution in [1.29, 1.82) is 0 Å². The third-order valence-electron chi connectivity index (χ3n) is 6.44. The van der Waals surface area contributed by atoms with Gasteiger partial charge in [-0.2, -0.15) is 0 Å². The van der Waals surface area contributed by atoms with Crippen LogP contribution in [0, 0.1) is 19.8 Å². The van der Waals surface area contributed by atoms with Gasteiger partial charge in [-0.05, 0) is 37.3 Å². The van der Waals surface area contributed by atoms with Gasteiger partial charge in [0.25, 0.3) is 0 Å². The number of hydrogen-bond donors (Lipinski definition) is 1. The molecule has 0 aliphatic carbocycles. The first kappa shape index (κ1) is 24.3. The molecular weight excluding hydrogens is 450 g/mol. The SMILES string of the molecule is Cc1cc(C(C(=O)N2C[C@H](O)C[C@H]2C(=O)CCc2ccc(-c3scnc3C)cc2)C(C)C)on1. The van der Waals surface area contributed by atoms with E-state index in [0.29, 0.717) is 24.3 Å². The van der Waals surface area contributed by atoms with Crippen LogP contribution in [0.15, 0.2) is 40.4 Å². The molecule has 1 aromatic carbocycles. The molecule has 1 aliphatic rings. The number of β-amino-alcohol motifs (C(OH)–C–C–N with tert-alkyl or cyclic N) is 1. The molecule has 1 saturated heterocycles. The summed E-state index contributed by atoms with van der Waals surface area (Å²) in [5, 5.41) is 14.2. The average molecular weight is 482 g/mol. The Hall–Kier alpha value is -2.84. The number of ketones is 1. The number of aliphatic hydroxyl groups is 1. The van der Waals surface area contributed by atoms with E-state index in [1.807, 2.05) is 45.3 Å². The Labute approximate surface area is 203 Å². The topological polar surface area (TPSA) is 96.5 Å². The molecule has 8 heteroatoms. The summed E-state index contributed by atoms with van der Waals surface area (Å²) >= 11 is 1.61. The van der Waals surface area contributed by atoms with Crippen molar-refractivity contribution in [3.8, 4) is 10.4 Å². The Morgan fingerprint density at radius 2 is 1.97 bits per heavy atom. The number of aliphatic hydroxyl groups excluding tert-OH is 1. The third kappa shape index (κ3) is 5.13. The molecule has 2 aromatic heterocycles. The van der Waals surface area contributed by atoms with Crippen molar-refractivity contribution < 1.29 is 19.2 Å². The lowest BCUT2D eigenvalue weighted by Gasteiger charge is -2.28. The van der Waals surface area contributed by atoms with Crippen LogP contribution in [0.4, 0.5) is 0 Å². The van der Waals surface area contributed by atoms with Gasteiger partial charge in [0.05, 0.1) is 33.9 Å². The zero-order chi connectivity index (χ0) is 24.4. The number of rotatable bonds is 8. The second kappa shape index (κ2) is 10.2. The first-order valence-electron chi connectivity index (χ1n) is 11.7. The van der Waals surface area contributed by atoms with E-state index in [0.717, 1.165) is 21.7 Å². The lowest BCUT2D eigenvalue weighted by molar-refractivity contribution is -0.140. The van der Waals surface area contributed by atoms with Crippen LogP contribution in [0.5, 0.6) is 0 Å². The first-order valence-corrected chi connectivity index (χ1v) is 12.6. The van der Waals surface area contributed by atoms with Gasteiger partial charge in [0.1, 0.15) is 11.7 Å². The van der Waals surface area contributed by atoms with Gasteiger partial charge in [-0.3, -0.25) is 9.59 Å². The van der Waals surface area contributed by atoms with E-state index in [-0.39, 0.29) is 30.6 Å². The minimum atomic E-state index is -0.705. The molecular formula is C26H31N3O4S. The van der Waals surface area contributed by atoms with E-state index in [2.05, 4.69) is 22.3 Å². The Morgan fingerprint density at radius 1 is 1.24 bits per heavy atom. The number of likely N-dealkylation sites (tertiary alicyclic amines) is 1. The van der Waals surface area contributed by atoms with Gasteiger partial charge < -0.3 is 14.5 Å². The van der Waals surface area contributed by atoms with Gasteiger partial charge >= 0.3 is 0 Å². The fraction of sp³-hybridized carbons (Fsp3) is 0.462. The van der Waals surface area contributed by atoms with Crippen LogP contribution in [-0.2, 0) is 16.0 Å². The van der Waals surface area contributed by atoms with Crippen molar-refractivity contribution >= 4 is 23.0 Å². The minimum absolute atomic E-state index is 0.0245. The molecule has 0 bridgehead atoms. The Bertz CT molecular complexity index is 1150. The van der Waals surface area contributed by atoms with E-state index in [1.165, 1.54) is 0 Å². The number of benzene rings is 1. The molecule has 1 fully saturated rings. The number of hydrogen-bond acceptors (Lipinski definition) is 7. The van der Waals surface area contributed by atoms with Crippen molar-refractivity contribution in [2.45, 2.75) is 65.0 Å². The smallest absolute Gasteiger partial charge is 0.234 e. The number of thiazole rings is 1. The summed E-state index contributed by atoms with van der Waals surface area (Å²) in [7, 11) is 0. The van der Waals surface area contributed by atoms with Crippen LogP contribution >= 0.6 is 11.3 Å². The largest absolute Gasteiger partial charge is 0.391 e. The normalized spacial score (nSPS) is 19.1. The van der Waals surface area contributed by atoms with Crippen molar-refractivity contribution in [1.82, 2.24) is 15.0 Å². The highest BCUT2D eigenvalue weighted by Gasteiger charge is 2.42. The molecule has 1 unspecified atom stereocenters. The van der Waals surface area contributed by atoms with Gasteiger partial charge in [0.15, 0.2) is 5.78 Å². The number of carbonyl (C=O) groups is 2. The number of aryl methyl sites for hydroxylation is 3. The molecule has 3 aromatic rings. The minimum Gasteiger partial charge on any atom is -0.391 e. The van der Waals surface area contributed by atoms with Crippen molar-refractivity contribution in [2.75, 3.05) is 6.54 Å². The van der Waals surface area contributed by atoms with E-state index in [1.54, 1.807) is 22.3 Å². The highest BCUT2D eigenvalue weighted by atomic mass is 32.1. The molecule has 1 aliphatic heterocycles. The predicted octanol–water partition coefficient (Wildman–Crippen LogP) is 4.32. The maximum atomic E-state index is 13.5. The van der Waals surface area contributed by atoms with E-state index in [4.69, 9.17) is 4.52 Å². The number of carbonyl (C=O) groups excluding carboxylic acids is 2. The summed E-state index contributed by atoms with van der Waals surface area (Å²) in [6, 6.07) is 9.34. The molecule has 0 radical (unpaired) electrons. The van der Waals surface area contributed by atoms with Crippen LogP contribution in [-0.4, -0.2) is 50.5 Å². The predicted molar refractivity (Wildman–Crippen MR) is 131 cm³/mol. The summed E-state index contributed by atoms with van der Waals surface area (Å²) in [4.78, 5) is 33.6. The second-order valence-electron chi connectivity index (χ2n) is 9.42. The summed E-state index contributed by atoms with van der Waals surface area (Å²) < 4.78 is 5.39. The highest BCUT2D eigenvalue weighted by molar-refractivity contribution is 7.13. The molecule has 34 heavy (non-hydrogen) atoms. The zero-order valence-corrected chi connectivity index (χ0v) is 20.8. The van der Waals surface area contributed by atoms with Crippen LogP contribution in [0.1, 0.15) is 55.3 Å². The van der Waals surface area contributed by atoms with Gasteiger partial charge in [-0.1, -0.05) is 43.3 Å². The molecule has 1 amide bonds. The van der Waals surface area contributed by atoms with Gasteiger partial charge in [-0.25, -0.2) is 4.98 Å². The molecule has 1 N–H and O–H groups in total. The maximum Gasteiger partial charge on any atom is 0.234 e. The molecule has 0 saturated carbocycles. The zero-order valence-electron chi connectivity index (χ0n) is 20.0. The summed E-state index contributed by atoms with van der Waals surface area (Å²) in [6.07, 6.45) is 0.469. The van der Waals surface area contributed by atoms with Crippen molar-refractivity contribution in [3.63, 3.8) is 0 Å². The van der Waals surface area contributed by atoms with Gasteiger partial charge in [0.2, 0.25) is 5.91 Å². The highest BCUT2D eigenvalue weighted by Crippen LogP contribution is 2.32. The number of Topliss-reactive ketones (excluding diaryl/α,β-unsaturated/α-hetero) is 1. The molecule has 3 heterocycles. The second-order valence-corrected chi connectivity index (χ2v) is 10.3. The van der Waals surface area contributed by atoms with E-state index >= 15 is 0 Å². The van der Waals surface area contributed by atoms with Gasteiger partial charge in [-0.15, -0.1) is 11.3 Å². The molecule has 4 rings (SSSR count). The standard InChI is InChI=1S/C26H31N3O4S/c1-15(2)24(23-11-16(3)28-33-23)26(32)29-13-20(30)12-21(29)22(31)10-7-18-5-8-19(9-6-18)25-17(4)27-14-34-25/h5-6,8-9,11,14-15,20-21,24,30H,7,10,12-13H2,1-4H3/t20-,21+,24?/m1/s1. The fourth-order valence-corrected chi connectivity index (χ4v) is 5.45. The Balaban J connectivity index is 1.43. The summed E-state index contributed by atoms with van der Waals surface area (Å²) in [5.74, 6) is -0.284. The fourth-order valence-electron chi connectivity index (χ4n) is 4.64. The first-order chi connectivity index (χ1) is 16.2. The number of amides is 1. The molecule has 0 spiro atoms. The van der Waals surface area contributed by atoms with Crippen molar-refractivity contribution in [2.24, 2.45) is 5.92 Å². The lowest BCUT2D eigenvalue weighted by Crippen LogP contribution is -2.44. The molecule has 3 atom stereocenters. The molecule has 180 valence electrons. The van der Waals surface area contributed by atoms with Crippen LogP contribution in [0.3, 0.4) is 0 Å². The Kier molecular flexibility index (Phi) is 7.28. The third-order valence-corrected chi connectivity index (χ3v) is 7.42. The van der Waals surface area contributed by atoms with Crippen LogP contribution < -0.4 is 0 Å². The van der Waals surface area contributed by atoms with Gasteiger partial charge in [0, 0.05) is 25.5 Å². The number of aromatic nitrogens is 2. The average Bonchev–Trinajstić information content (AvgIpc) is 3.52.